The molecule has 0 aromatic heterocycles. The second kappa shape index (κ2) is 4.26. The van der Waals surface area contributed by atoms with E-state index in [9.17, 15) is 0 Å². The molecule has 0 aromatic carbocycles. The summed E-state index contributed by atoms with van der Waals surface area (Å²) in [6.45, 7) is 1.79. The Morgan fingerprint density at radius 2 is 2.31 bits per heavy atom. The Balaban J connectivity index is 2.68. The Hall–Kier alpha value is 0.370. The summed E-state index contributed by atoms with van der Waals surface area (Å²) in [6, 6.07) is 0. The van der Waals surface area contributed by atoms with E-state index >= 15 is 0 Å². The van der Waals surface area contributed by atoms with Gasteiger partial charge in [-0.3, -0.25) is 0 Å². The second-order valence-corrected chi connectivity index (χ2v) is 4.82. The zero-order valence-corrected chi connectivity index (χ0v) is 9.75. The van der Waals surface area contributed by atoms with Gasteiger partial charge < -0.3 is 4.84 Å². The van der Waals surface area contributed by atoms with Crippen LogP contribution in [0.15, 0.2) is 15.7 Å². The molecule has 1 aliphatic heterocycles. The van der Waals surface area contributed by atoms with E-state index in [2.05, 4.69) is 5.16 Å². The molecule has 2 nitrogen and oxygen atoms in total. The van der Waals surface area contributed by atoms with Gasteiger partial charge in [0.2, 0.25) is 0 Å². The van der Waals surface area contributed by atoms with Gasteiger partial charge in [0.1, 0.15) is 9.66 Å². The van der Waals surface area contributed by atoms with Crippen LogP contribution in [0.3, 0.4) is 0 Å². The van der Waals surface area contributed by atoms with Crippen LogP contribution in [0, 0.1) is 0 Å². The van der Waals surface area contributed by atoms with E-state index in [1.807, 2.05) is 0 Å². The molecule has 0 unspecified atom stereocenters. The fraction of sp³-hybridized carbons (Fsp3) is 0.571. The molecule has 0 saturated carbocycles. The van der Waals surface area contributed by atoms with Crippen molar-refractivity contribution in [1.29, 1.82) is 0 Å². The zero-order valence-electron chi connectivity index (χ0n) is 6.73. The van der Waals surface area contributed by atoms with Crippen LogP contribution in [0.4, 0.5) is 0 Å². The van der Waals surface area contributed by atoms with Crippen LogP contribution in [0.5, 0.6) is 0 Å². The Bertz CT molecular complexity index is 261. The zero-order chi connectivity index (χ0) is 10.1. The molecule has 1 rings (SSSR count). The largest absolute Gasteiger partial charge is 0.386 e. The number of nitrogens with zero attached hydrogens (tertiary/aromatic N) is 1. The summed E-state index contributed by atoms with van der Waals surface area (Å²) in [5, 5.41) is 3.53. The SMILES string of the molecule is C[C@]1([C@@H](Cl)C=C(Cl)Cl)CC(Cl)=NO1. The smallest absolute Gasteiger partial charge is 0.161 e. The van der Waals surface area contributed by atoms with E-state index in [1.165, 1.54) is 6.08 Å². The van der Waals surface area contributed by atoms with Gasteiger partial charge in [0.25, 0.3) is 0 Å². The lowest BCUT2D eigenvalue weighted by molar-refractivity contribution is 0.00200. The number of alkyl halides is 1. The normalized spacial score (nSPS) is 29.2. The van der Waals surface area contributed by atoms with Crippen LogP contribution in [-0.2, 0) is 4.84 Å². The quantitative estimate of drug-likeness (QED) is 0.697. The first-order chi connectivity index (χ1) is 5.94. The van der Waals surface area contributed by atoms with Crippen LogP contribution in [0.2, 0.25) is 0 Å². The first-order valence-corrected chi connectivity index (χ1v) is 5.08. The third-order valence-electron chi connectivity index (χ3n) is 1.71. The van der Waals surface area contributed by atoms with Gasteiger partial charge in [0, 0.05) is 6.42 Å². The summed E-state index contributed by atoms with van der Waals surface area (Å²) in [4.78, 5) is 5.08. The molecule has 2 atom stereocenters. The van der Waals surface area contributed by atoms with E-state index in [0.717, 1.165) is 0 Å². The fourth-order valence-electron chi connectivity index (χ4n) is 0.943. The van der Waals surface area contributed by atoms with Crippen molar-refractivity contribution >= 4 is 51.6 Å². The lowest BCUT2D eigenvalue weighted by Gasteiger charge is -2.24. The number of oxime groups is 1. The highest BCUT2D eigenvalue weighted by Crippen LogP contribution is 2.33. The molecule has 0 bridgehead atoms. The molecular formula is C7H7Cl4NO. The standard InChI is InChI=1S/C7H7Cl4NO/c1-7(3-6(11)12-13-7)4(8)2-5(9)10/h2,4H,3H2,1H3/t4-,7+/m0/s1. The molecule has 74 valence electrons. The van der Waals surface area contributed by atoms with Crippen LogP contribution >= 0.6 is 46.4 Å². The maximum Gasteiger partial charge on any atom is 0.161 e. The van der Waals surface area contributed by atoms with Crippen molar-refractivity contribution in [1.82, 2.24) is 0 Å². The van der Waals surface area contributed by atoms with Gasteiger partial charge in [-0.2, -0.15) is 0 Å². The maximum absolute atomic E-state index is 5.99. The maximum atomic E-state index is 5.99. The van der Waals surface area contributed by atoms with Crippen LogP contribution in [0.1, 0.15) is 13.3 Å². The predicted octanol–water partition coefficient (Wildman–Crippen LogP) is 3.64. The molecule has 6 heteroatoms. The van der Waals surface area contributed by atoms with Crippen LogP contribution in [-0.4, -0.2) is 16.1 Å². The molecule has 0 saturated heterocycles. The van der Waals surface area contributed by atoms with Crippen molar-refractivity contribution in [2.45, 2.75) is 24.3 Å². The Morgan fingerprint density at radius 1 is 1.69 bits per heavy atom. The van der Waals surface area contributed by atoms with Crippen LogP contribution in [0.25, 0.3) is 0 Å². The Kier molecular flexibility index (Phi) is 3.75. The number of hydrogen-bond acceptors (Lipinski definition) is 2. The second-order valence-electron chi connectivity index (χ2n) is 2.91. The molecule has 0 spiro atoms. The molecule has 1 heterocycles. The van der Waals surface area contributed by atoms with E-state index in [1.54, 1.807) is 6.92 Å². The highest BCUT2D eigenvalue weighted by atomic mass is 35.5. The summed E-state index contributed by atoms with van der Waals surface area (Å²) in [5.74, 6) is 0. The molecule has 0 aliphatic carbocycles. The lowest BCUT2D eigenvalue weighted by atomic mass is 9.99. The minimum Gasteiger partial charge on any atom is -0.386 e. The Morgan fingerprint density at radius 3 is 2.69 bits per heavy atom. The van der Waals surface area contributed by atoms with Crippen molar-refractivity contribution < 1.29 is 4.84 Å². The Labute approximate surface area is 96.4 Å². The van der Waals surface area contributed by atoms with Crippen molar-refractivity contribution in [3.8, 4) is 0 Å². The van der Waals surface area contributed by atoms with E-state index < -0.39 is 11.0 Å². The molecule has 0 radical (unpaired) electrons. The summed E-state index contributed by atoms with van der Waals surface area (Å²) in [7, 11) is 0. The van der Waals surface area contributed by atoms with Gasteiger partial charge in [-0.1, -0.05) is 40.0 Å². The molecule has 0 aromatic rings. The molecule has 1 aliphatic rings. The minimum absolute atomic E-state index is 0.104. The highest BCUT2D eigenvalue weighted by Gasteiger charge is 2.40. The van der Waals surface area contributed by atoms with Gasteiger partial charge >= 0.3 is 0 Å². The first-order valence-electron chi connectivity index (χ1n) is 3.51. The average Bonchev–Trinajstić information content (AvgIpc) is 2.31. The van der Waals surface area contributed by atoms with Gasteiger partial charge in [-0.15, -0.1) is 11.6 Å². The molecular weight excluding hydrogens is 256 g/mol. The minimum atomic E-state index is -0.659. The molecule has 0 amide bonds. The van der Waals surface area contributed by atoms with Crippen LogP contribution < -0.4 is 0 Å². The van der Waals surface area contributed by atoms with E-state index in [4.69, 9.17) is 51.2 Å². The third kappa shape index (κ3) is 2.91. The van der Waals surface area contributed by atoms with Gasteiger partial charge in [0.05, 0.1) is 5.38 Å². The number of halogens is 4. The first kappa shape index (κ1) is 11.4. The van der Waals surface area contributed by atoms with E-state index in [0.29, 0.717) is 11.6 Å². The van der Waals surface area contributed by atoms with Crippen molar-refractivity contribution in [2.75, 3.05) is 0 Å². The number of hydrogen-bond donors (Lipinski definition) is 0. The summed E-state index contributed by atoms with van der Waals surface area (Å²) in [5.41, 5.74) is -0.659. The fourth-order valence-corrected chi connectivity index (χ4v) is 1.87. The van der Waals surface area contributed by atoms with E-state index in [-0.39, 0.29) is 4.49 Å². The predicted molar refractivity (Wildman–Crippen MR) is 56.8 cm³/mol. The van der Waals surface area contributed by atoms with Gasteiger partial charge in [0.15, 0.2) is 5.60 Å². The number of rotatable bonds is 2. The average molecular weight is 263 g/mol. The summed E-state index contributed by atoms with van der Waals surface area (Å²) >= 11 is 22.6. The topological polar surface area (TPSA) is 21.6 Å². The summed E-state index contributed by atoms with van der Waals surface area (Å²) < 4.78 is 0.104. The van der Waals surface area contributed by atoms with Crippen molar-refractivity contribution in [3.05, 3.63) is 10.6 Å². The lowest BCUT2D eigenvalue weighted by Crippen LogP contribution is -2.34. The molecule has 13 heavy (non-hydrogen) atoms. The highest BCUT2D eigenvalue weighted by molar-refractivity contribution is 6.65. The van der Waals surface area contributed by atoms with Crippen molar-refractivity contribution in [2.24, 2.45) is 5.16 Å². The summed E-state index contributed by atoms with van der Waals surface area (Å²) in [6.07, 6.45) is 1.94. The van der Waals surface area contributed by atoms with Gasteiger partial charge in [-0.25, -0.2) is 0 Å². The third-order valence-corrected chi connectivity index (χ3v) is 2.75. The molecule has 0 N–H and O–H groups in total. The monoisotopic (exact) mass is 261 g/mol. The van der Waals surface area contributed by atoms with Gasteiger partial charge in [-0.05, 0) is 13.0 Å². The van der Waals surface area contributed by atoms with Crippen molar-refractivity contribution in [3.63, 3.8) is 0 Å². The molecule has 0 fully saturated rings.